The fourth-order valence-corrected chi connectivity index (χ4v) is 2.16. The number of nitrogens with zero attached hydrogens (tertiary/aromatic N) is 1. The summed E-state index contributed by atoms with van der Waals surface area (Å²) in [7, 11) is 4.01. The highest BCUT2D eigenvalue weighted by atomic mass is 35.5. The monoisotopic (exact) mass is 378 g/mol. The number of amides is 1. The average molecular weight is 379 g/mol. The third-order valence-electron chi connectivity index (χ3n) is 2.64. The van der Waals surface area contributed by atoms with Gasteiger partial charge in [-0.25, -0.2) is 0 Å². The van der Waals surface area contributed by atoms with Gasteiger partial charge in [0.15, 0.2) is 11.7 Å². The van der Waals surface area contributed by atoms with E-state index in [4.69, 9.17) is 40.2 Å². The first kappa shape index (κ1) is 19.8. The summed E-state index contributed by atoms with van der Waals surface area (Å²) in [5, 5.41) is 4.18. The maximum atomic E-state index is 11.7. The van der Waals surface area contributed by atoms with Gasteiger partial charge in [-0.15, -0.1) is 0 Å². The molecule has 0 radical (unpaired) electrons. The molecule has 1 rings (SSSR count). The van der Waals surface area contributed by atoms with E-state index in [1.807, 2.05) is 14.1 Å². The second-order valence-electron chi connectivity index (χ2n) is 4.95. The zero-order valence-electron chi connectivity index (χ0n) is 13.0. The van der Waals surface area contributed by atoms with E-state index >= 15 is 0 Å². The molecule has 0 aliphatic rings. The lowest BCUT2D eigenvalue weighted by Crippen LogP contribution is -2.48. The van der Waals surface area contributed by atoms with Crippen LogP contribution >= 0.6 is 35.4 Å². The third kappa shape index (κ3) is 8.80. The number of halogens is 2. The van der Waals surface area contributed by atoms with Crippen molar-refractivity contribution in [1.29, 1.82) is 0 Å². The summed E-state index contributed by atoms with van der Waals surface area (Å²) < 4.78 is 5.30. The van der Waals surface area contributed by atoms with Gasteiger partial charge in [0.05, 0.1) is 5.02 Å². The van der Waals surface area contributed by atoms with Crippen molar-refractivity contribution in [2.45, 2.75) is 6.42 Å². The molecule has 0 bridgehead atoms. The SMILES string of the molecule is CN(C)CCCNC(=S)NNC(=O)COc1ccc(Cl)cc1Cl. The van der Waals surface area contributed by atoms with Crippen LogP contribution in [-0.2, 0) is 4.79 Å². The van der Waals surface area contributed by atoms with Crippen molar-refractivity contribution in [3.8, 4) is 5.75 Å². The van der Waals surface area contributed by atoms with E-state index in [-0.39, 0.29) is 12.5 Å². The molecule has 0 spiro atoms. The van der Waals surface area contributed by atoms with Gasteiger partial charge in [-0.3, -0.25) is 15.6 Å². The number of rotatable bonds is 7. The van der Waals surface area contributed by atoms with Crippen molar-refractivity contribution < 1.29 is 9.53 Å². The molecule has 0 saturated carbocycles. The van der Waals surface area contributed by atoms with Gasteiger partial charge in [0.1, 0.15) is 5.75 Å². The summed E-state index contributed by atoms with van der Waals surface area (Å²) in [4.78, 5) is 13.7. The van der Waals surface area contributed by atoms with Crippen molar-refractivity contribution in [2.24, 2.45) is 0 Å². The van der Waals surface area contributed by atoms with Crippen LogP contribution in [0, 0.1) is 0 Å². The van der Waals surface area contributed by atoms with E-state index in [0.717, 1.165) is 19.5 Å². The van der Waals surface area contributed by atoms with Crippen LogP contribution in [0.15, 0.2) is 18.2 Å². The molecule has 0 atom stereocenters. The molecule has 0 unspecified atom stereocenters. The number of hydrazine groups is 1. The molecule has 0 saturated heterocycles. The molecule has 6 nitrogen and oxygen atoms in total. The Balaban J connectivity index is 2.20. The fourth-order valence-electron chi connectivity index (χ4n) is 1.54. The molecule has 0 aromatic heterocycles. The number of carbonyl (C=O) groups excluding carboxylic acids is 1. The van der Waals surface area contributed by atoms with E-state index in [2.05, 4.69) is 21.1 Å². The minimum Gasteiger partial charge on any atom is -0.482 e. The standard InChI is InChI=1S/C14H20Cl2N4O2S/c1-20(2)7-3-6-17-14(23)19-18-13(21)9-22-12-5-4-10(15)8-11(12)16/h4-5,8H,3,6-7,9H2,1-2H3,(H,18,21)(H2,17,19,23). The van der Waals surface area contributed by atoms with Crippen LogP contribution in [0.25, 0.3) is 0 Å². The largest absolute Gasteiger partial charge is 0.482 e. The van der Waals surface area contributed by atoms with Crippen LogP contribution < -0.4 is 20.9 Å². The van der Waals surface area contributed by atoms with Gasteiger partial charge in [0.2, 0.25) is 0 Å². The highest BCUT2D eigenvalue weighted by Gasteiger charge is 2.06. The van der Waals surface area contributed by atoms with Gasteiger partial charge >= 0.3 is 0 Å². The molecule has 3 N–H and O–H groups in total. The topological polar surface area (TPSA) is 65.6 Å². The maximum absolute atomic E-state index is 11.7. The molecular weight excluding hydrogens is 359 g/mol. The summed E-state index contributed by atoms with van der Waals surface area (Å²) in [6.45, 7) is 1.48. The normalized spacial score (nSPS) is 10.3. The number of hydrogen-bond donors (Lipinski definition) is 3. The van der Waals surface area contributed by atoms with Gasteiger partial charge in [-0.2, -0.15) is 0 Å². The second kappa shape index (κ2) is 10.5. The number of carbonyl (C=O) groups is 1. The summed E-state index contributed by atoms with van der Waals surface area (Å²) in [5.74, 6) is 0.00376. The Bertz CT molecular complexity index is 544. The molecule has 23 heavy (non-hydrogen) atoms. The minimum absolute atomic E-state index is 0.197. The van der Waals surface area contributed by atoms with E-state index in [9.17, 15) is 4.79 Å². The first-order chi connectivity index (χ1) is 10.9. The molecule has 0 aliphatic carbocycles. The van der Waals surface area contributed by atoms with E-state index in [1.54, 1.807) is 18.2 Å². The number of hydrogen-bond acceptors (Lipinski definition) is 4. The highest BCUT2D eigenvalue weighted by molar-refractivity contribution is 7.80. The Hall–Kier alpha value is -1.28. The predicted octanol–water partition coefficient (Wildman–Crippen LogP) is 1.82. The number of benzene rings is 1. The van der Waals surface area contributed by atoms with Crippen LogP contribution in [0.3, 0.4) is 0 Å². The van der Waals surface area contributed by atoms with Gasteiger partial charge in [-0.05, 0) is 57.5 Å². The third-order valence-corrected chi connectivity index (χ3v) is 3.41. The number of thiocarbonyl (C=S) groups is 1. The zero-order valence-corrected chi connectivity index (χ0v) is 15.3. The van der Waals surface area contributed by atoms with Gasteiger partial charge in [-0.1, -0.05) is 23.2 Å². The Morgan fingerprint density at radius 1 is 1.30 bits per heavy atom. The van der Waals surface area contributed by atoms with E-state index in [0.29, 0.717) is 20.9 Å². The van der Waals surface area contributed by atoms with Crippen LogP contribution in [0.1, 0.15) is 6.42 Å². The lowest BCUT2D eigenvalue weighted by molar-refractivity contribution is -0.123. The molecule has 0 fully saturated rings. The Labute approximate surface area is 151 Å². The lowest BCUT2D eigenvalue weighted by Gasteiger charge is -2.13. The quantitative estimate of drug-likeness (QED) is 0.382. The lowest BCUT2D eigenvalue weighted by atomic mass is 10.3. The van der Waals surface area contributed by atoms with Crippen molar-refractivity contribution in [2.75, 3.05) is 33.8 Å². The van der Waals surface area contributed by atoms with Crippen LogP contribution in [0.5, 0.6) is 5.75 Å². The van der Waals surface area contributed by atoms with Crippen molar-refractivity contribution in [3.63, 3.8) is 0 Å². The Kier molecular flexibility index (Phi) is 9.01. The van der Waals surface area contributed by atoms with Gasteiger partial charge < -0.3 is 15.0 Å². The minimum atomic E-state index is -0.381. The van der Waals surface area contributed by atoms with Crippen LogP contribution in [0.2, 0.25) is 10.0 Å². The van der Waals surface area contributed by atoms with Gasteiger partial charge in [0.25, 0.3) is 5.91 Å². The van der Waals surface area contributed by atoms with Crippen molar-refractivity contribution in [1.82, 2.24) is 21.1 Å². The summed E-state index contributed by atoms with van der Waals surface area (Å²) in [6, 6.07) is 4.77. The first-order valence-corrected chi connectivity index (χ1v) is 8.10. The van der Waals surface area contributed by atoms with Crippen molar-refractivity contribution in [3.05, 3.63) is 28.2 Å². The number of nitrogens with one attached hydrogen (secondary N) is 3. The molecule has 0 heterocycles. The summed E-state index contributed by atoms with van der Waals surface area (Å²) in [6.07, 6.45) is 0.945. The summed E-state index contributed by atoms with van der Waals surface area (Å²) >= 11 is 16.8. The molecule has 128 valence electrons. The molecule has 0 aliphatic heterocycles. The molecule has 1 aromatic rings. The van der Waals surface area contributed by atoms with Crippen molar-refractivity contribution >= 4 is 46.4 Å². The summed E-state index contributed by atoms with van der Waals surface area (Å²) in [5.41, 5.74) is 5.04. The maximum Gasteiger partial charge on any atom is 0.276 e. The van der Waals surface area contributed by atoms with Crippen LogP contribution in [0.4, 0.5) is 0 Å². The van der Waals surface area contributed by atoms with Crippen LogP contribution in [-0.4, -0.2) is 49.7 Å². The van der Waals surface area contributed by atoms with E-state index < -0.39 is 0 Å². The smallest absolute Gasteiger partial charge is 0.276 e. The highest BCUT2D eigenvalue weighted by Crippen LogP contribution is 2.27. The predicted molar refractivity (Wildman–Crippen MR) is 97.0 cm³/mol. The second-order valence-corrected chi connectivity index (χ2v) is 6.20. The molecule has 1 aromatic carbocycles. The molecule has 1 amide bonds. The molecule has 9 heteroatoms. The first-order valence-electron chi connectivity index (χ1n) is 6.93. The van der Waals surface area contributed by atoms with Gasteiger partial charge in [0, 0.05) is 11.6 Å². The fraction of sp³-hybridized carbons (Fsp3) is 0.429. The Morgan fingerprint density at radius 2 is 2.04 bits per heavy atom. The average Bonchev–Trinajstić information content (AvgIpc) is 2.48. The zero-order chi connectivity index (χ0) is 17.2. The number of ether oxygens (including phenoxy) is 1. The van der Waals surface area contributed by atoms with E-state index in [1.165, 1.54) is 0 Å². The molecular formula is C14H20Cl2N4O2S. The Morgan fingerprint density at radius 3 is 2.70 bits per heavy atom.